The van der Waals surface area contributed by atoms with Gasteiger partial charge in [0.25, 0.3) is 0 Å². The maximum absolute atomic E-state index is 6.07. The van der Waals surface area contributed by atoms with Gasteiger partial charge in [-0.2, -0.15) is 0 Å². The molecular weight excluding hydrogens is 424 g/mol. The molecule has 4 aromatic rings. The molecule has 0 amide bonds. The summed E-state index contributed by atoms with van der Waals surface area (Å²) >= 11 is 0. The molecule has 174 valence electrons. The molecule has 0 N–H and O–H groups in total. The highest BCUT2D eigenvalue weighted by molar-refractivity contribution is 5.45. The molecule has 0 fully saturated rings. The van der Waals surface area contributed by atoms with E-state index in [4.69, 9.17) is 18.9 Å². The van der Waals surface area contributed by atoms with E-state index in [-0.39, 0.29) is 0 Å². The zero-order valence-electron chi connectivity index (χ0n) is 19.7. The summed E-state index contributed by atoms with van der Waals surface area (Å²) in [6, 6.07) is 32.5. The number of aryl methyl sites for hydroxylation is 2. The first kappa shape index (κ1) is 23.2. The predicted octanol–water partition coefficient (Wildman–Crippen LogP) is 6.65. The molecule has 0 saturated heterocycles. The molecule has 4 nitrogen and oxygen atoms in total. The number of ether oxygens (including phenoxy) is 4. The van der Waals surface area contributed by atoms with E-state index in [1.165, 1.54) is 11.1 Å². The lowest BCUT2D eigenvalue weighted by atomic mass is 10.0. The van der Waals surface area contributed by atoms with Gasteiger partial charge in [0, 0.05) is 0 Å². The standard InChI is InChI=1S/C30H30O4/c1-31-27-17-15-23(19-29(27)33-21-25-9-5-3-6-10-25)13-14-24-16-18-28(32-2)30(20-24)34-22-26-11-7-4-8-12-26/h3-12,15-20H,13-14,21-22H2,1-2H3. The minimum absolute atomic E-state index is 0.501. The summed E-state index contributed by atoms with van der Waals surface area (Å²) in [6.07, 6.45) is 1.74. The third-order valence-corrected chi connectivity index (χ3v) is 5.63. The van der Waals surface area contributed by atoms with Crippen molar-refractivity contribution in [1.29, 1.82) is 0 Å². The summed E-state index contributed by atoms with van der Waals surface area (Å²) < 4.78 is 23.1. The molecule has 0 radical (unpaired) electrons. The smallest absolute Gasteiger partial charge is 0.161 e. The highest BCUT2D eigenvalue weighted by Crippen LogP contribution is 2.31. The Bertz CT molecular complexity index is 1080. The van der Waals surface area contributed by atoms with Crippen LogP contribution in [0.15, 0.2) is 97.1 Å². The van der Waals surface area contributed by atoms with Crippen LogP contribution in [0.2, 0.25) is 0 Å². The lowest BCUT2D eigenvalue weighted by Crippen LogP contribution is -2.00. The SMILES string of the molecule is COc1ccc(CCc2ccc(OC)c(OCc3ccccc3)c2)cc1OCc1ccccc1. The van der Waals surface area contributed by atoms with Gasteiger partial charge in [0.2, 0.25) is 0 Å². The van der Waals surface area contributed by atoms with Crippen LogP contribution < -0.4 is 18.9 Å². The largest absolute Gasteiger partial charge is 0.493 e. The van der Waals surface area contributed by atoms with Gasteiger partial charge in [0.15, 0.2) is 23.0 Å². The van der Waals surface area contributed by atoms with Crippen LogP contribution in [0.1, 0.15) is 22.3 Å². The van der Waals surface area contributed by atoms with Gasteiger partial charge >= 0.3 is 0 Å². The van der Waals surface area contributed by atoms with E-state index in [1.54, 1.807) is 14.2 Å². The van der Waals surface area contributed by atoms with Crippen molar-refractivity contribution in [2.45, 2.75) is 26.1 Å². The van der Waals surface area contributed by atoms with E-state index in [0.717, 1.165) is 47.0 Å². The molecule has 0 heterocycles. The summed E-state index contributed by atoms with van der Waals surface area (Å²) in [5.74, 6) is 2.98. The fourth-order valence-electron chi connectivity index (χ4n) is 3.74. The fraction of sp³-hybridized carbons (Fsp3) is 0.200. The van der Waals surface area contributed by atoms with Crippen molar-refractivity contribution < 1.29 is 18.9 Å². The summed E-state index contributed by atoms with van der Waals surface area (Å²) in [6.45, 7) is 1.00. The Kier molecular flexibility index (Phi) is 8.07. The average Bonchev–Trinajstić information content (AvgIpc) is 2.90. The Labute approximate surface area is 201 Å². The van der Waals surface area contributed by atoms with E-state index >= 15 is 0 Å². The molecule has 34 heavy (non-hydrogen) atoms. The number of hydrogen-bond donors (Lipinski definition) is 0. The summed E-state index contributed by atoms with van der Waals surface area (Å²) in [5.41, 5.74) is 4.62. The molecule has 4 heteroatoms. The Hall–Kier alpha value is -3.92. The molecule has 0 aliphatic carbocycles. The molecule has 0 unspecified atom stereocenters. The second-order valence-corrected chi connectivity index (χ2v) is 8.02. The van der Waals surface area contributed by atoms with Crippen LogP contribution in [0.25, 0.3) is 0 Å². The fourth-order valence-corrected chi connectivity index (χ4v) is 3.74. The lowest BCUT2D eigenvalue weighted by Gasteiger charge is -2.14. The molecule has 0 spiro atoms. The lowest BCUT2D eigenvalue weighted by molar-refractivity contribution is 0.284. The maximum Gasteiger partial charge on any atom is 0.161 e. The number of methoxy groups -OCH3 is 2. The third-order valence-electron chi connectivity index (χ3n) is 5.63. The molecule has 0 saturated carbocycles. The van der Waals surface area contributed by atoms with Crippen LogP contribution in [-0.4, -0.2) is 14.2 Å². The summed E-state index contributed by atoms with van der Waals surface area (Å²) in [5, 5.41) is 0. The normalized spacial score (nSPS) is 10.5. The van der Waals surface area contributed by atoms with Gasteiger partial charge in [-0.15, -0.1) is 0 Å². The number of hydrogen-bond acceptors (Lipinski definition) is 4. The van der Waals surface area contributed by atoms with Crippen molar-refractivity contribution in [2.75, 3.05) is 14.2 Å². The van der Waals surface area contributed by atoms with E-state index in [0.29, 0.717) is 13.2 Å². The van der Waals surface area contributed by atoms with Crippen LogP contribution in [0.4, 0.5) is 0 Å². The third kappa shape index (κ3) is 6.32. The highest BCUT2D eigenvalue weighted by atomic mass is 16.5. The van der Waals surface area contributed by atoms with Crippen molar-refractivity contribution in [3.8, 4) is 23.0 Å². The van der Waals surface area contributed by atoms with Crippen molar-refractivity contribution in [1.82, 2.24) is 0 Å². The van der Waals surface area contributed by atoms with Crippen LogP contribution in [0.5, 0.6) is 23.0 Å². The van der Waals surface area contributed by atoms with Crippen LogP contribution in [0, 0.1) is 0 Å². The first-order chi connectivity index (χ1) is 16.7. The minimum Gasteiger partial charge on any atom is -0.493 e. The first-order valence-corrected chi connectivity index (χ1v) is 11.4. The van der Waals surface area contributed by atoms with Gasteiger partial charge in [-0.05, 0) is 59.4 Å². The predicted molar refractivity (Wildman–Crippen MR) is 135 cm³/mol. The average molecular weight is 455 g/mol. The zero-order chi connectivity index (χ0) is 23.6. The van der Waals surface area contributed by atoms with Crippen LogP contribution >= 0.6 is 0 Å². The summed E-state index contributed by atoms with van der Waals surface area (Å²) in [7, 11) is 3.33. The van der Waals surface area contributed by atoms with Gasteiger partial charge in [-0.3, -0.25) is 0 Å². The first-order valence-electron chi connectivity index (χ1n) is 11.4. The molecule has 0 aliphatic heterocycles. The summed E-state index contributed by atoms with van der Waals surface area (Å²) in [4.78, 5) is 0. The van der Waals surface area contributed by atoms with Crippen molar-refractivity contribution >= 4 is 0 Å². The van der Waals surface area contributed by atoms with Crippen molar-refractivity contribution in [3.05, 3.63) is 119 Å². The molecule has 4 aromatic carbocycles. The minimum atomic E-state index is 0.501. The van der Waals surface area contributed by atoms with Crippen molar-refractivity contribution in [2.24, 2.45) is 0 Å². The van der Waals surface area contributed by atoms with E-state index in [1.807, 2.05) is 48.5 Å². The molecule has 0 bridgehead atoms. The van der Waals surface area contributed by atoms with Gasteiger partial charge in [0.05, 0.1) is 14.2 Å². The zero-order valence-corrected chi connectivity index (χ0v) is 19.7. The Morgan fingerprint density at radius 1 is 0.441 bits per heavy atom. The van der Waals surface area contributed by atoms with Crippen LogP contribution in [-0.2, 0) is 26.1 Å². The monoisotopic (exact) mass is 454 g/mol. The Morgan fingerprint density at radius 3 is 1.24 bits per heavy atom. The molecule has 4 rings (SSSR count). The highest BCUT2D eigenvalue weighted by Gasteiger charge is 2.09. The van der Waals surface area contributed by atoms with Gasteiger partial charge in [0.1, 0.15) is 13.2 Å². The Morgan fingerprint density at radius 2 is 0.853 bits per heavy atom. The molecule has 0 aliphatic rings. The number of benzene rings is 4. The molecule has 0 aromatic heterocycles. The van der Waals surface area contributed by atoms with E-state index in [2.05, 4.69) is 48.5 Å². The van der Waals surface area contributed by atoms with E-state index < -0.39 is 0 Å². The molecule has 0 atom stereocenters. The van der Waals surface area contributed by atoms with Gasteiger partial charge in [-0.25, -0.2) is 0 Å². The Balaban J connectivity index is 1.42. The topological polar surface area (TPSA) is 36.9 Å². The quantitative estimate of drug-likeness (QED) is 0.254. The molecular formula is C30H30O4. The van der Waals surface area contributed by atoms with Gasteiger partial charge in [-0.1, -0.05) is 72.8 Å². The van der Waals surface area contributed by atoms with Gasteiger partial charge < -0.3 is 18.9 Å². The second kappa shape index (κ2) is 11.8. The van der Waals surface area contributed by atoms with Crippen LogP contribution in [0.3, 0.4) is 0 Å². The van der Waals surface area contributed by atoms with Crippen molar-refractivity contribution in [3.63, 3.8) is 0 Å². The van der Waals surface area contributed by atoms with E-state index in [9.17, 15) is 0 Å². The number of rotatable bonds is 11. The second-order valence-electron chi connectivity index (χ2n) is 8.02. The maximum atomic E-state index is 6.07.